The van der Waals surface area contributed by atoms with E-state index >= 15 is 0 Å². The summed E-state index contributed by atoms with van der Waals surface area (Å²) < 4.78 is 0. The van der Waals surface area contributed by atoms with E-state index in [1.807, 2.05) is 52.8 Å². The van der Waals surface area contributed by atoms with Crippen LogP contribution in [-0.2, 0) is 14.4 Å². The maximum Gasteiger partial charge on any atom is 0.275 e. The van der Waals surface area contributed by atoms with Crippen molar-refractivity contribution in [2.45, 2.75) is 46.6 Å². The summed E-state index contributed by atoms with van der Waals surface area (Å²) in [6.45, 7) is 14.1. The maximum absolute atomic E-state index is 12.3. The van der Waals surface area contributed by atoms with Crippen molar-refractivity contribution in [1.29, 1.82) is 0 Å². The number of hydrogen-bond acceptors (Lipinski definition) is 3. The molecule has 2 rings (SSSR count). The molecule has 0 radical (unpaired) electrons. The Hall–Kier alpha value is -2.45. The fourth-order valence-corrected chi connectivity index (χ4v) is 3.90. The molecule has 5 N–H and O–H groups in total. The van der Waals surface area contributed by atoms with Crippen molar-refractivity contribution in [2.24, 2.45) is 0 Å². The van der Waals surface area contributed by atoms with Gasteiger partial charge in [0.2, 0.25) is 5.91 Å². The molecule has 1 aromatic rings. The SMILES string of the molecule is Cc1cccc(C)c1NC(=O)CNC(=O)C[NH+]1CCC[NH+](CC(=O)NC(C)(C)C)CC1. The first-order valence-corrected chi connectivity index (χ1v) is 11.1. The van der Waals surface area contributed by atoms with Gasteiger partial charge in [-0.2, -0.15) is 0 Å². The molecule has 0 spiro atoms. The highest BCUT2D eigenvalue weighted by Gasteiger charge is 2.25. The van der Waals surface area contributed by atoms with Gasteiger partial charge in [0.15, 0.2) is 13.1 Å². The molecule has 31 heavy (non-hydrogen) atoms. The van der Waals surface area contributed by atoms with Gasteiger partial charge >= 0.3 is 0 Å². The van der Waals surface area contributed by atoms with Gasteiger partial charge in [-0.05, 0) is 45.7 Å². The Bertz CT molecular complexity index is 768. The molecular weight excluding hydrogens is 394 g/mol. The van der Waals surface area contributed by atoms with Crippen LogP contribution in [0.5, 0.6) is 0 Å². The van der Waals surface area contributed by atoms with Gasteiger partial charge in [-0.25, -0.2) is 0 Å². The minimum Gasteiger partial charge on any atom is -0.347 e. The van der Waals surface area contributed by atoms with Crippen molar-refractivity contribution in [3.05, 3.63) is 29.3 Å². The molecular formula is C23H39N5O3+2. The van der Waals surface area contributed by atoms with E-state index in [2.05, 4.69) is 16.0 Å². The summed E-state index contributed by atoms with van der Waals surface area (Å²) in [6, 6.07) is 5.84. The zero-order valence-corrected chi connectivity index (χ0v) is 19.6. The number of benzene rings is 1. The van der Waals surface area contributed by atoms with Gasteiger partial charge in [0.1, 0.15) is 13.1 Å². The molecule has 0 aliphatic carbocycles. The standard InChI is InChI=1S/C23H37N5O3/c1-17-8-6-9-18(2)22(17)25-19(29)14-24-20(30)15-27-10-7-11-28(13-12-27)16-21(31)26-23(3,4)5/h6,8-9H,7,10-16H2,1-5H3,(H,24,30)(H,25,29)(H,26,31)/p+2. The zero-order chi connectivity index (χ0) is 23.0. The number of rotatable bonds is 7. The van der Waals surface area contributed by atoms with Crippen LogP contribution < -0.4 is 25.8 Å². The fourth-order valence-electron chi connectivity index (χ4n) is 3.90. The smallest absolute Gasteiger partial charge is 0.275 e. The second-order valence-electron chi connectivity index (χ2n) is 9.60. The van der Waals surface area contributed by atoms with Crippen LogP contribution in [0.3, 0.4) is 0 Å². The Morgan fingerprint density at radius 2 is 1.42 bits per heavy atom. The highest BCUT2D eigenvalue weighted by Crippen LogP contribution is 2.18. The Labute approximate surface area is 185 Å². The van der Waals surface area contributed by atoms with Crippen molar-refractivity contribution >= 4 is 23.4 Å². The Balaban J connectivity index is 1.72. The highest BCUT2D eigenvalue weighted by molar-refractivity contribution is 5.95. The molecule has 1 aromatic carbocycles. The van der Waals surface area contributed by atoms with Gasteiger partial charge in [0.05, 0.1) is 19.6 Å². The van der Waals surface area contributed by atoms with Crippen LogP contribution in [-0.4, -0.2) is 69.1 Å². The minimum atomic E-state index is -0.225. The summed E-state index contributed by atoms with van der Waals surface area (Å²) >= 11 is 0. The van der Waals surface area contributed by atoms with Crippen molar-refractivity contribution in [3.63, 3.8) is 0 Å². The van der Waals surface area contributed by atoms with E-state index in [1.54, 1.807) is 0 Å². The summed E-state index contributed by atoms with van der Waals surface area (Å²) in [6.07, 6.45) is 0.966. The van der Waals surface area contributed by atoms with Crippen LogP contribution in [0.2, 0.25) is 0 Å². The molecule has 3 amide bonds. The summed E-state index contributed by atoms with van der Waals surface area (Å²) in [5.74, 6) is -0.281. The summed E-state index contributed by atoms with van der Waals surface area (Å²) in [5, 5.41) is 8.63. The number of aryl methyl sites for hydroxylation is 2. The predicted molar refractivity (Wildman–Crippen MR) is 121 cm³/mol. The van der Waals surface area contributed by atoms with Crippen molar-refractivity contribution in [1.82, 2.24) is 10.6 Å². The third-order valence-electron chi connectivity index (χ3n) is 5.42. The van der Waals surface area contributed by atoms with E-state index in [4.69, 9.17) is 0 Å². The third-order valence-corrected chi connectivity index (χ3v) is 5.42. The molecule has 1 aliphatic heterocycles. The van der Waals surface area contributed by atoms with Crippen molar-refractivity contribution in [2.75, 3.05) is 51.1 Å². The van der Waals surface area contributed by atoms with Gasteiger partial charge in [-0.1, -0.05) is 18.2 Å². The first-order valence-electron chi connectivity index (χ1n) is 11.1. The molecule has 2 unspecified atom stereocenters. The maximum atomic E-state index is 12.3. The molecule has 8 nitrogen and oxygen atoms in total. The second-order valence-corrected chi connectivity index (χ2v) is 9.60. The largest absolute Gasteiger partial charge is 0.347 e. The molecule has 1 heterocycles. The number of quaternary nitrogens is 2. The highest BCUT2D eigenvalue weighted by atomic mass is 16.2. The number of carbonyl (C=O) groups is 3. The summed E-state index contributed by atoms with van der Waals surface area (Å²) in [4.78, 5) is 39.2. The molecule has 1 saturated heterocycles. The van der Waals surface area contributed by atoms with Crippen LogP contribution in [0.1, 0.15) is 38.3 Å². The molecule has 0 bridgehead atoms. The molecule has 1 fully saturated rings. The number of para-hydroxylation sites is 1. The first-order chi connectivity index (χ1) is 14.5. The number of carbonyl (C=O) groups excluding carboxylic acids is 3. The van der Waals surface area contributed by atoms with Crippen LogP contribution in [0.15, 0.2) is 18.2 Å². The van der Waals surface area contributed by atoms with Crippen LogP contribution >= 0.6 is 0 Å². The van der Waals surface area contributed by atoms with Crippen LogP contribution in [0, 0.1) is 13.8 Å². The monoisotopic (exact) mass is 433 g/mol. The third kappa shape index (κ3) is 9.06. The minimum absolute atomic E-state index is 0.0375. The molecule has 0 aromatic heterocycles. The quantitative estimate of drug-likeness (QED) is 0.360. The molecule has 0 saturated carbocycles. The lowest BCUT2D eigenvalue weighted by molar-refractivity contribution is -0.930. The van der Waals surface area contributed by atoms with Gasteiger partial charge in [-0.3, -0.25) is 14.4 Å². The number of anilines is 1. The van der Waals surface area contributed by atoms with E-state index < -0.39 is 0 Å². The topological polar surface area (TPSA) is 96.2 Å². The lowest BCUT2D eigenvalue weighted by Gasteiger charge is -2.22. The Kier molecular flexibility index (Phi) is 9.00. The zero-order valence-electron chi connectivity index (χ0n) is 19.6. The molecule has 2 atom stereocenters. The van der Waals surface area contributed by atoms with Crippen LogP contribution in [0.4, 0.5) is 5.69 Å². The number of amides is 3. The van der Waals surface area contributed by atoms with E-state index in [0.717, 1.165) is 49.4 Å². The molecule has 8 heteroatoms. The lowest BCUT2D eigenvalue weighted by Crippen LogP contribution is -3.18. The number of hydrogen-bond donors (Lipinski definition) is 5. The normalized spacial score (nSPS) is 19.3. The van der Waals surface area contributed by atoms with E-state index in [9.17, 15) is 14.4 Å². The van der Waals surface area contributed by atoms with Crippen molar-refractivity contribution in [3.8, 4) is 0 Å². The van der Waals surface area contributed by atoms with Crippen molar-refractivity contribution < 1.29 is 24.2 Å². The first kappa shape index (κ1) is 24.8. The average Bonchev–Trinajstić information content (AvgIpc) is 2.86. The Morgan fingerprint density at radius 1 is 0.871 bits per heavy atom. The van der Waals surface area contributed by atoms with E-state index in [0.29, 0.717) is 13.1 Å². The van der Waals surface area contributed by atoms with Gasteiger partial charge in [-0.15, -0.1) is 0 Å². The van der Waals surface area contributed by atoms with Gasteiger partial charge < -0.3 is 25.8 Å². The second kappa shape index (κ2) is 11.2. The lowest BCUT2D eigenvalue weighted by atomic mass is 10.1. The van der Waals surface area contributed by atoms with E-state index in [1.165, 1.54) is 9.80 Å². The average molecular weight is 434 g/mol. The van der Waals surface area contributed by atoms with Gasteiger partial charge in [0.25, 0.3) is 11.8 Å². The predicted octanol–water partition coefficient (Wildman–Crippen LogP) is -1.55. The number of nitrogens with one attached hydrogen (secondary N) is 5. The molecule has 172 valence electrons. The molecule has 1 aliphatic rings. The summed E-state index contributed by atoms with van der Waals surface area (Å²) in [5.41, 5.74) is 2.58. The fraction of sp³-hybridized carbons (Fsp3) is 0.609. The van der Waals surface area contributed by atoms with Gasteiger partial charge in [0, 0.05) is 17.6 Å². The van der Waals surface area contributed by atoms with E-state index in [-0.39, 0.29) is 29.8 Å². The van der Waals surface area contributed by atoms with Crippen LogP contribution in [0.25, 0.3) is 0 Å². The Morgan fingerprint density at radius 3 is 1.97 bits per heavy atom. The summed E-state index contributed by atoms with van der Waals surface area (Å²) in [7, 11) is 0.